The van der Waals surface area contributed by atoms with Crippen LogP contribution in [-0.2, 0) is 16.6 Å². The van der Waals surface area contributed by atoms with Crippen LogP contribution in [0.5, 0.6) is 0 Å². The number of imidazole rings is 1. The van der Waals surface area contributed by atoms with Crippen LogP contribution in [0.25, 0.3) is 0 Å². The fourth-order valence-electron chi connectivity index (χ4n) is 1.15. The first-order valence-corrected chi connectivity index (χ1v) is 6.24. The highest BCUT2D eigenvalue weighted by Gasteiger charge is 2.17. The number of hydrogen-bond donors (Lipinski definition) is 2. The molecule has 0 aromatic carbocycles. The Hall–Kier alpha value is -0.630. The van der Waals surface area contributed by atoms with Crippen LogP contribution in [0.1, 0.15) is 6.92 Å². The highest BCUT2D eigenvalue weighted by atomic mass is 35.5. The molecular formula is C8H17ClN4O2S. The number of hydrogen-bond acceptors (Lipinski definition) is 4. The molecule has 0 saturated carbocycles. The standard InChI is InChI=1S/C8H16N4O2S.ClH/c1-3-12-7-10-6-8(12)15(13,14)11-5-4-9-2;/h6-7,9,11H,3-5H2,1-2H3;1H. The van der Waals surface area contributed by atoms with Crippen LogP contribution in [0, 0.1) is 0 Å². The van der Waals surface area contributed by atoms with Gasteiger partial charge in [-0.3, -0.25) is 0 Å². The normalized spacial score (nSPS) is 11.1. The van der Waals surface area contributed by atoms with Crippen LogP contribution < -0.4 is 10.0 Å². The average molecular weight is 269 g/mol. The van der Waals surface area contributed by atoms with E-state index >= 15 is 0 Å². The summed E-state index contributed by atoms with van der Waals surface area (Å²) < 4.78 is 27.6. The Morgan fingerprint density at radius 3 is 2.69 bits per heavy atom. The summed E-state index contributed by atoms with van der Waals surface area (Å²) >= 11 is 0. The first-order chi connectivity index (χ1) is 7.11. The van der Waals surface area contributed by atoms with Crippen molar-refractivity contribution in [1.29, 1.82) is 0 Å². The van der Waals surface area contributed by atoms with Crippen LogP contribution in [0.4, 0.5) is 0 Å². The van der Waals surface area contributed by atoms with Crippen molar-refractivity contribution in [3.63, 3.8) is 0 Å². The van der Waals surface area contributed by atoms with Crippen LogP contribution >= 0.6 is 12.4 Å². The van der Waals surface area contributed by atoms with Crippen molar-refractivity contribution in [3.8, 4) is 0 Å². The molecule has 0 aliphatic rings. The Morgan fingerprint density at radius 2 is 2.12 bits per heavy atom. The van der Waals surface area contributed by atoms with E-state index in [0.29, 0.717) is 19.6 Å². The highest BCUT2D eigenvalue weighted by molar-refractivity contribution is 7.89. The summed E-state index contributed by atoms with van der Waals surface area (Å²) in [6, 6.07) is 0. The number of sulfonamides is 1. The molecule has 0 atom stereocenters. The number of nitrogens with zero attached hydrogens (tertiary/aromatic N) is 2. The minimum Gasteiger partial charge on any atom is -0.321 e. The van der Waals surface area contributed by atoms with Gasteiger partial charge < -0.3 is 9.88 Å². The van der Waals surface area contributed by atoms with E-state index in [1.54, 1.807) is 11.6 Å². The third-order valence-electron chi connectivity index (χ3n) is 1.96. The quantitative estimate of drug-likeness (QED) is 0.702. The number of aromatic nitrogens is 2. The largest absolute Gasteiger partial charge is 0.321 e. The number of halogens is 1. The molecule has 8 heteroatoms. The zero-order valence-corrected chi connectivity index (χ0v) is 10.9. The van der Waals surface area contributed by atoms with Gasteiger partial charge in [-0.05, 0) is 14.0 Å². The monoisotopic (exact) mass is 268 g/mol. The second-order valence-corrected chi connectivity index (χ2v) is 4.73. The van der Waals surface area contributed by atoms with E-state index in [0.717, 1.165) is 0 Å². The lowest BCUT2D eigenvalue weighted by atomic mass is 10.7. The van der Waals surface area contributed by atoms with Crippen LogP contribution in [0.15, 0.2) is 17.6 Å². The zero-order chi connectivity index (χ0) is 11.3. The molecule has 0 fully saturated rings. The number of rotatable bonds is 6. The topological polar surface area (TPSA) is 76.0 Å². The molecule has 16 heavy (non-hydrogen) atoms. The predicted octanol–water partition coefficient (Wildman–Crippen LogP) is -0.178. The van der Waals surface area contributed by atoms with E-state index in [-0.39, 0.29) is 17.4 Å². The van der Waals surface area contributed by atoms with E-state index < -0.39 is 10.0 Å². The highest BCUT2D eigenvalue weighted by Crippen LogP contribution is 2.06. The summed E-state index contributed by atoms with van der Waals surface area (Å²) in [7, 11) is -1.65. The third kappa shape index (κ3) is 3.75. The summed E-state index contributed by atoms with van der Waals surface area (Å²) in [5.41, 5.74) is 0. The van der Waals surface area contributed by atoms with Gasteiger partial charge in [-0.1, -0.05) is 0 Å². The molecule has 1 aromatic heterocycles. The lowest BCUT2D eigenvalue weighted by molar-refractivity contribution is 0.562. The van der Waals surface area contributed by atoms with Crippen molar-refractivity contribution in [2.24, 2.45) is 0 Å². The molecule has 0 aliphatic heterocycles. The first kappa shape index (κ1) is 15.4. The fraction of sp³-hybridized carbons (Fsp3) is 0.625. The predicted molar refractivity (Wildman–Crippen MR) is 64.3 cm³/mol. The maximum Gasteiger partial charge on any atom is 0.257 e. The molecule has 1 aromatic rings. The molecular weight excluding hydrogens is 252 g/mol. The van der Waals surface area contributed by atoms with Gasteiger partial charge in [0.25, 0.3) is 10.0 Å². The first-order valence-electron chi connectivity index (χ1n) is 4.76. The van der Waals surface area contributed by atoms with Crippen molar-refractivity contribution in [2.75, 3.05) is 20.1 Å². The number of likely N-dealkylation sites (N-methyl/N-ethyl adjacent to an activating group) is 1. The molecule has 0 amide bonds. The van der Waals surface area contributed by atoms with Crippen molar-refractivity contribution in [1.82, 2.24) is 19.6 Å². The smallest absolute Gasteiger partial charge is 0.257 e. The van der Waals surface area contributed by atoms with Gasteiger partial charge in [0, 0.05) is 19.6 Å². The number of aryl methyl sites for hydroxylation is 1. The zero-order valence-electron chi connectivity index (χ0n) is 9.30. The van der Waals surface area contributed by atoms with Gasteiger partial charge in [0.05, 0.1) is 12.5 Å². The summed E-state index contributed by atoms with van der Waals surface area (Å²) in [6.45, 7) is 3.42. The van der Waals surface area contributed by atoms with Gasteiger partial charge in [0.2, 0.25) is 0 Å². The molecule has 1 rings (SSSR count). The Balaban J connectivity index is 0.00000225. The van der Waals surface area contributed by atoms with Gasteiger partial charge >= 0.3 is 0 Å². The molecule has 0 spiro atoms. The van der Waals surface area contributed by atoms with E-state index in [1.807, 2.05) is 6.92 Å². The molecule has 0 unspecified atom stereocenters. The summed E-state index contributed by atoms with van der Waals surface area (Å²) in [5.74, 6) is 0. The van der Waals surface area contributed by atoms with Crippen molar-refractivity contribution in [2.45, 2.75) is 18.5 Å². The average Bonchev–Trinajstić information content (AvgIpc) is 2.66. The molecule has 94 valence electrons. The Bertz CT molecular complexity index is 404. The molecule has 0 bridgehead atoms. The van der Waals surface area contributed by atoms with Gasteiger partial charge in [0.1, 0.15) is 0 Å². The second-order valence-electron chi connectivity index (χ2n) is 3.02. The summed E-state index contributed by atoms with van der Waals surface area (Å²) in [6.07, 6.45) is 2.86. The molecule has 2 N–H and O–H groups in total. The van der Waals surface area contributed by atoms with Crippen LogP contribution in [0.2, 0.25) is 0 Å². The summed E-state index contributed by atoms with van der Waals surface area (Å²) in [4.78, 5) is 3.82. The van der Waals surface area contributed by atoms with Crippen molar-refractivity contribution < 1.29 is 8.42 Å². The van der Waals surface area contributed by atoms with Crippen molar-refractivity contribution >= 4 is 22.4 Å². The van der Waals surface area contributed by atoms with Gasteiger partial charge in [-0.25, -0.2) is 18.1 Å². The number of nitrogens with one attached hydrogen (secondary N) is 2. The minimum absolute atomic E-state index is 0. The molecule has 0 saturated heterocycles. The lowest BCUT2D eigenvalue weighted by Crippen LogP contribution is -2.31. The second kappa shape index (κ2) is 6.85. The molecule has 1 heterocycles. The SMILES string of the molecule is CCn1cncc1S(=O)(=O)NCCNC.Cl. The van der Waals surface area contributed by atoms with Gasteiger partial charge in [-0.2, -0.15) is 0 Å². The summed E-state index contributed by atoms with van der Waals surface area (Å²) in [5, 5.41) is 3.07. The maximum absolute atomic E-state index is 11.7. The van der Waals surface area contributed by atoms with Gasteiger partial charge in [-0.15, -0.1) is 12.4 Å². The Kier molecular flexibility index (Phi) is 6.58. The maximum atomic E-state index is 11.7. The van der Waals surface area contributed by atoms with E-state index in [1.165, 1.54) is 12.5 Å². The molecule has 0 radical (unpaired) electrons. The third-order valence-corrected chi connectivity index (χ3v) is 3.43. The minimum atomic E-state index is -3.42. The van der Waals surface area contributed by atoms with Crippen molar-refractivity contribution in [3.05, 3.63) is 12.5 Å². The molecule has 6 nitrogen and oxygen atoms in total. The fourth-order valence-corrected chi connectivity index (χ4v) is 2.36. The Morgan fingerprint density at radius 1 is 1.44 bits per heavy atom. The Labute approximate surface area is 102 Å². The van der Waals surface area contributed by atoms with E-state index in [4.69, 9.17) is 0 Å². The van der Waals surface area contributed by atoms with Gasteiger partial charge in [0.15, 0.2) is 5.03 Å². The van der Waals surface area contributed by atoms with Crippen LogP contribution in [0.3, 0.4) is 0 Å². The molecule has 0 aliphatic carbocycles. The van der Waals surface area contributed by atoms with E-state index in [2.05, 4.69) is 15.0 Å². The van der Waals surface area contributed by atoms with E-state index in [9.17, 15) is 8.42 Å². The van der Waals surface area contributed by atoms with Crippen LogP contribution in [-0.4, -0.2) is 38.1 Å². The lowest BCUT2D eigenvalue weighted by Gasteiger charge is -2.07.